The van der Waals surface area contributed by atoms with E-state index in [1.807, 2.05) is 32.0 Å². The molecule has 1 fully saturated rings. The van der Waals surface area contributed by atoms with Gasteiger partial charge in [0.15, 0.2) is 6.61 Å². The highest BCUT2D eigenvalue weighted by Crippen LogP contribution is 2.17. The first-order chi connectivity index (χ1) is 10.4. The van der Waals surface area contributed by atoms with Gasteiger partial charge in [0.05, 0.1) is 0 Å². The average molecular weight is 306 g/mol. The first-order valence-electron chi connectivity index (χ1n) is 7.29. The van der Waals surface area contributed by atoms with Crippen LogP contribution < -0.4 is 10.1 Å². The number of aliphatic carboxylic acids is 1. The molecule has 0 saturated carbocycles. The second-order valence-electron chi connectivity index (χ2n) is 5.83. The SMILES string of the molecule is Cc1ccc(OCC(=O)N[C@H]2C[C@@H](C(=O)O)N(C)C2)cc1C. The van der Waals surface area contributed by atoms with Crippen molar-refractivity contribution >= 4 is 11.9 Å². The van der Waals surface area contributed by atoms with Crippen molar-refractivity contribution in [1.82, 2.24) is 10.2 Å². The van der Waals surface area contributed by atoms with Gasteiger partial charge < -0.3 is 15.2 Å². The van der Waals surface area contributed by atoms with E-state index in [9.17, 15) is 9.59 Å². The lowest BCUT2D eigenvalue weighted by molar-refractivity contribution is -0.141. The van der Waals surface area contributed by atoms with Gasteiger partial charge in [-0.2, -0.15) is 0 Å². The Bertz CT molecular complexity index is 573. The number of carbonyl (C=O) groups is 2. The third-order valence-corrected chi connectivity index (χ3v) is 4.05. The Balaban J connectivity index is 1.81. The van der Waals surface area contributed by atoms with Crippen LogP contribution in [-0.4, -0.2) is 54.2 Å². The third-order valence-electron chi connectivity index (χ3n) is 4.05. The molecule has 1 aliphatic rings. The molecule has 22 heavy (non-hydrogen) atoms. The minimum atomic E-state index is -0.856. The summed E-state index contributed by atoms with van der Waals surface area (Å²) in [4.78, 5) is 24.7. The molecule has 2 atom stereocenters. The highest BCUT2D eigenvalue weighted by molar-refractivity contribution is 5.78. The normalized spacial score (nSPS) is 21.6. The molecule has 1 aromatic rings. The summed E-state index contributed by atoms with van der Waals surface area (Å²) in [5.41, 5.74) is 2.28. The van der Waals surface area contributed by atoms with Gasteiger partial charge in [-0.25, -0.2) is 0 Å². The molecule has 0 unspecified atom stereocenters. The van der Waals surface area contributed by atoms with Crippen LogP contribution in [0.4, 0.5) is 0 Å². The number of hydrogen-bond donors (Lipinski definition) is 2. The number of likely N-dealkylation sites (tertiary alicyclic amines) is 1. The number of nitrogens with one attached hydrogen (secondary N) is 1. The molecule has 1 saturated heterocycles. The summed E-state index contributed by atoms with van der Waals surface area (Å²) in [6, 6.07) is 4.99. The molecule has 1 heterocycles. The van der Waals surface area contributed by atoms with Gasteiger partial charge in [0.25, 0.3) is 5.91 Å². The van der Waals surface area contributed by atoms with Crippen LogP contribution in [0.15, 0.2) is 18.2 Å². The highest BCUT2D eigenvalue weighted by atomic mass is 16.5. The van der Waals surface area contributed by atoms with E-state index in [1.54, 1.807) is 11.9 Å². The number of aryl methyl sites for hydroxylation is 2. The number of carbonyl (C=O) groups excluding carboxylic acids is 1. The molecule has 120 valence electrons. The van der Waals surface area contributed by atoms with Crippen LogP contribution in [0.1, 0.15) is 17.5 Å². The van der Waals surface area contributed by atoms with Crippen molar-refractivity contribution in [1.29, 1.82) is 0 Å². The lowest BCUT2D eigenvalue weighted by Gasteiger charge is -2.14. The fourth-order valence-corrected chi connectivity index (χ4v) is 2.61. The van der Waals surface area contributed by atoms with Crippen LogP contribution in [0.25, 0.3) is 0 Å². The zero-order valence-electron chi connectivity index (χ0n) is 13.1. The van der Waals surface area contributed by atoms with E-state index in [0.29, 0.717) is 18.7 Å². The Morgan fingerprint density at radius 2 is 2.09 bits per heavy atom. The number of carboxylic acids is 1. The Labute approximate surface area is 130 Å². The molecule has 0 radical (unpaired) electrons. The number of ether oxygens (including phenoxy) is 1. The predicted octanol–water partition coefficient (Wildman–Crippen LogP) is 0.956. The summed E-state index contributed by atoms with van der Waals surface area (Å²) >= 11 is 0. The van der Waals surface area contributed by atoms with Crippen LogP contribution in [0.2, 0.25) is 0 Å². The van der Waals surface area contributed by atoms with Gasteiger partial charge in [-0.3, -0.25) is 14.5 Å². The molecule has 0 bridgehead atoms. The number of carboxylic acid groups (broad SMARTS) is 1. The van der Waals surface area contributed by atoms with Crippen molar-refractivity contribution in [2.24, 2.45) is 0 Å². The van der Waals surface area contributed by atoms with Crippen molar-refractivity contribution in [3.63, 3.8) is 0 Å². The van der Waals surface area contributed by atoms with E-state index < -0.39 is 12.0 Å². The Hall–Kier alpha value is -2.08. The lowest BCUT2D eigenvalue weighted by Crippen LogP contribution is -2.39. The molecular formula is C16H22N2O4. The first kappa shape index (κ1) is 16.3. The van der Waals surface area contributed by atoms with Crippen LogP contribution >= 0.6 is 0 Å². The summed E-state index contributed by atoms with van der Waals surface area (Å²) in [5.74, 6) is -0.432. The fourth-order valence-electron chi connectivity index (χ4n) is 2.61. The molecule has 1 aliphatic heterocycles. The number of amides is 1. The fraction of sp³-hybridized carbons (Fsp3) is 0.500. The maximum Gasteiger partial charge on any atom is 0.320 e. The standard InChI is InChI=1S/C16H22N2O4/c1-10-4-5-13(6-11(10)2)22-9-15(19)17-12-7-14(16(20)21)18(3)8-12/h4-6,12,14H,7-9H2,1-3H3,(H,17,19)(H,20,21)/t12-,14-/m0/s1. The maximum atomic E-state index is 11.9. The zero-order valence-corrected chi connectivity index (χ0v) is 13.1. The van der Waals surface area contributed by atoms with Gasteiger partial charge in [0, 0.05) is 12.6 Å². The smallest absolute Gasteiger partial charge is 0.320 e. The predicted molar refractivity (Wildman–Crippen MR) is 82.0 cm³/mol. The van der Waals surface area contributed by atoms with Crippen molar-refractivity contribution in [3.05, 3.63) is 29.3 Å². The van der Waals surface area contributed by atoms with Gasteiger partial charge in [-0.05, 0) is 50.6 Å². The Morgan fingerprint density at radius 1 is 1.36 bits per heavy atom. The van der Waals surface area contributed by atoms with Crippen molar-refractivity contribution in [2.75, 3.05) is 20.2 Å². The topological polar surface area (TPSA) is 78.9 Å². The molecule has 1 aromatic carbocycles. The Morgan fingerprint density at radius 3 is 2.68 bits per heavy atom. The van der Waals surface area contributed by atoms with Crippen LogP contribution in [0.3, 0.4) is 0 Å². The summed E-state index contributed by atoms with van der Waals surface area (Å²) in [5, 5.41) is 11.9. The summed E-state index contributed by atoms with van der Waals surface area (Å²) in [6.45, 7) is 4.47. The summed E-state index contributed by atoms with van der Waals surface area (Å²) in [7, 11) is 1.75. The van der Waals surface area contributed by atoms with Gasteiger partial charge in [0.2, 0.25) is 0 Å². The molecule has 6 heteroatoms. The van der Waals surface area contributed by atoms with Crippen molar-refractivity contribution < 1.29 is 19.4 Å². The largest absolute Gasteiger partial charge is 0.484 e. The van der Waals surface area contributed by atoms with E-state index in [1.165, 1.54) is 5.56 Å². The zero-order chi connectivity index (χ0) is 16.3. The van der Waals surface area contributed by atoms with E-state index in [2.05, 4.69) is 5.32 Å². The molecular weight excluding hydrogens is 284 g/mol. The first-order valence-corrected chi connectivity index (χ1v) is 7.29. The van der Waals surface area contributed by atoms with E-state index in [0.717, 1.165) is 5.56 Å². The van der Waals surface area contributed by atoms with E-state index in [4.69, 9.17) is 9.84 Å². The molecule has 0 aliphatic carbocycles. The number of likely N-dealkylation sites (N-methyl/N-ethyl adjacent to an activating group) is 1. The molecule has 0 spiro atoms. The number of benzene rings is 1. The molecule has 6 nitrogen and oxygen atoms in total. The second kappa shape index (κ2) is 6.79. The van der Waals surface area contributed by atoms with Crippen LogP contribution in [0, 0.1) is 13.8 Å². The average Bonchev–Trinajstić information content (AvgIpc) is 2.81. The quantitative estimate of drug-likeness (QED) is 0.847. The number of hydrogen-bond acceptors (Lipinski definition) is 4. The van der Waals surface area contributed by atoms with Crippen LogP contribution in [-0.2, 0) is 9.59 Å². The van der Waals surface area contributed by atoms with Crippen molar-refractivity contribution in [3.8, 4) is 5.75 Å². The lowest BCUT2D eigenvalue weighted by atomic mass is 10.1. The minimum Gasteiger partial charge on any atom is -0.484 e. The van der Waals surface area contributed by atoms with Gasteiger partial charge in [-0.1, -0.05) is 6.07 Å². The number of nitrogens with zero attached hydrogens (tertiary/aromatic N) is 1. The minimum absolute atomic E-state index is 0.0690. The molecule has 1 amide bonds. The van der Waals surface area contributed by atoms with E-state index >= 15 is 0 Å². The molecule has 2 rings (SSSR count). The third kappa shape index (κ3) is 3.98. The highest BCUT2D eigenvalue weighted by Gasteiger charge is 2.34. The van der Waals surface area contributed by atoms with Crippen LogP contribution in [0.5, 0.6) is 5.75 Å². The maximum absolute atomic E-state index is 11.9. The second-order valence-corrected chi connectivity index (χ2v) is 5.83. The van der Waals surface area contributed by atoms with Gasteiger partial charge in [-0.15, -0.1) is 0 Å². The van der Waals surface area contributed by atoms with Gasteiger partial charge in [0.1, 0.15) is 11.8 Å². The number of rotatable bonds is 5. The monoisotopic (exact) mass is 306 g/mol. The van der Waals surface area contributed by atoms with E-state index in [-0.39, 0.29) is 18.6 Å². The summed E-state index contributed by atoms with van der Waals surface area (Å²) in [6.07, 6.45) is 0.418. The van der Waals surface area contributed by atoms with Gasteiger partial charge >= 0.3 is 5.97 Å². The summed E-state index contributed by atoms with van der Waals surface area (Å²) < 4.78 is 5.47. The molecule has 2 N–H and O–H groups in total. The molecule has 0 aromatic heterocycles. The van der Waals surface area contributed by atoms with Crippen molar-refractivity contribution in [2.45, 2.75) is 32.4 Å². The Kier molecular flexibility index (Phi) is 5.03.